The first-order chi connectivity index (χ1) is 10.1. The van der Waals surface area contributed by atoms with Crippen LogP contribution in [0.3, 0.4) is 0 Å². The van der Waals surface area contributed by atoms with Crippen LogP contribution >= 0.6 is 0 Å². The number of carbonyl (C=O) groups excluding carboxylic acids is 1. The SMILES string of the molecule is Cc1ccc(C(=O)C=Cc2ccccc2OCC(=O)O)o1. The van der Waals surface area contributed by atoms with E-state index in [0.717, 1.165) is 0 Å². The summed E-state index contributed by atoms with van der Waals surface area (Å²) in [5, 5.41) is 8.63. The summed E-state index contributed by atoms with van der Waals surface area (Å²) < 4.78 is 10.4. The van der Waals surface area contributed by atoms with Crippen molar-refractivity contribution in [1.29, 1.82) is 0 Å². The summed E-state index contributed by atoms with van der Waals surface area (Å²) in [5.41, 5.74) is 0.621. The van der Waals surface area contributed by atoms with Crippen molar-refractivity contribution in [2.75, 3.05) is 6.61 Å². The van der Waals surface area contributed by atoms with Gasteiger partial charge in [-0.3, -0.25) is 4.79 Å². The zero-order chi connectivity index (χ0) is 15.2. The normalized spacial score (nSPS) is 10.7. The van der Waals surface area contributed by atoms with Crippen molar-refractivity contribution in [3.63, 3.8) is 0 Å². The van der Waals surface area contributed by atoms with Crippen molar-refractivity contribution >= 4 is 17.8 Å². The lowest BCUT2D eigenvalue weighted by Gasteiger charge is -2.06. The largest absolute Gasteiger partial charge is 0.481 e. The maximum Gasteiger partial charge on any atom is 0.341 e. The van der Waals surface area contributed by atoms with Gasteiger partial charge in [0.2, 0.25) is 5.78 Å². The second kappa shape index (κ2) is 6.56. The molecule has 0 amide bonds. The molecule has 0 aliphatic carbocycles. The van der Waals surface area contributed by atoms with E-state index in [1.165, 1.54) is 6.08 Å². The summed E-state index contributed by atoms with van der Waals surface area (Å²) in [6, 6.07) is 10.2. The van der Waals surface area contributed by atoms with Gasteiger partial charge in [0.05, 0.1) is 0 Å². The highest BCUT2D eigenvalue weighted by Crippen LogP contribution is 2.20. The van der Waals surface area contributed by atoms with E-state index in [4.69, 9.17) is 14.3 Å². The average Bonchev–Trinajstić information content (AvgIpc) is 2.90. The number of allylic oxidation sites excluding steroid dienone is 1. The molecule has 5 heteroatoms. The topological polar surface area (TPSA) is 76.7 Å². The number of benzene rings is 1. The first-order valence-corrected chi connectivity index (χ1v) is 6.29. The van der Waals surface area contributed by atoms with Gasteiger partial charge in [-0.1, -0.05) is 18.2 Å². The fourth-order valence-electron chi connectivity index (χ4n) is 1.70. The Kier molecular flexibility index (Phi) is 4.56. The van der Waals surface area contributed by atoms with E-state index in [9.17, 15) is 9.59 Å². The Labute approximate surface area is 121 Å². The van der Waals surface area contributed by atoms with Crippen LogP contribution in [-0.2, 0) is 4.79 Å². The van der Waals surface area contributed by atoms with Crippen LogP contribution in [0.1, 0.15) is 21.9 Å². The van der Waals surface area contributed by atoms with Crippen LogP contribution in [0.25, 0.3) is 6.08 Å². The first-order valence-electron chi connectivity index (χ1n) is 6.29. The number of hydrogen-bond acceptors (Lipinski definition) is 4. The quantitative estimate of drug-likeness (QED) is 0.652. The molecule has 0 unspecified atom stereocenters. The lowest BCUT2D eigenvalue weighted by Crippen LogP contribution is -2.09. The van der Waals surface area contributed by atoms with Gasteiger partial charge < -0.3 is 14.3 Å². The highest BCUT2D eigenvalue weighted by Gasteiger charge is 2.07. The van der Waals surface area contributed by atoms with Gasteiger partial charge in [0, 0.05) is 5.56 Å². The molecule has 1 heterocycles. The molecule has 2 rings (SSSR count). The highest BCUT2D eigenvalue weighted by atomic mass is 16.5. The van der Waals surface area contributed by atoms with Crippen molar-refractivity contribution < 1.29 is 23.8 Å². The number of ketones is 1. The molecule has 108 valence electrons. The van der Waals surface area contributed by atoms with Gasteiger partial charge in [-0.25, -0.2) is 4.79 Å². The highest BCUT2D eigenvalue weighted by molar-refractivity contribution is 6.05. The molecule has 1 N–H and O–H groups in total. The molecule has 5 nitrogen and oxygen atoms in total. The van der Waals surface area contributed by atoms with E-state index >= 15 is 0 Å². The number of aliphatic carboxylic acids is 1. The van der Waals surface area contributed by atoms with E-state index in [0.29, 0.717) is 17.1 Å². The zero-order valence-electron chi connectivity index (χ0n) is 11.4. The summed E-state index contributed by atoms with van der Waals surface area (Å²) in [7, 11) is 0. The number of carboxylic acids is 1. The second-order valence-electron chi connectivity index (χ2n) is 4.33. The first kappa shape index (κ1) is 14.6. The van der Waals surface area contributed by atoms with E-state index in [1.807, 2.05) is 0 Å². The Balaban J connectivity index is 2.13. The summed E-state index contributed by atoms with van der Waals surface area (Å²) >= 11 is 0. The van der Waals surface area contributed by atoms with Gasteiger partial charge in [-0.05, 0) is 37.3 Å². The molecule has 0 saturated carbocycles. The average molecular weight is 286 g/mol. The predicted octanol–water partition coefficient (Wildman–Crippen LogP) is 2.95. The van der Waals surface area contributed by atoms with Gasteiger partial charge in [0.15, 0.2) is 12.4 Å². The number of para-hydroxylation sites is 1. The van der Waals surface area contributed by atoms with E-state index < -0.39 is 12.6 Å². The maximum atomic E-state index is 11.9. The van der Waals surface area contributed by atoms with Gasteiger partial charge in [-0.15, -0.1) is 0 Å². The predicted molar refractivity (Wildman–Crippen MR) is 76.4 cm³/mol. The molecule has 0 atom stereocenters. The van der Waals surface area contributed by atoms with Gasteiger partial charge in [-0.2, -0.15) is 0 Å². The number of carbonyl (C=O) groups is 2. The Morgan fingerprint density at radius 3 is 2.67 bits per heavy atom. The molecule has 0 bridgehead atoms. The number of ether oxygens (including phenoxy) is 1. The third-order valence-corrected chi connectivity index (χ3v) is 2.67. The van der Waals surface area contributed by atoms with Crippen LogP contribution in [-0.4, -0.2) is 23.5 Å². The van der Waals surface area contributed by atoms with Crippen LogP contribution in [0.2, 0.25) is 0 Å². The number of carboxylic acid groups (broad SMARTS) is 1. The number of aryl methyl sites for hydroxylation is 1. The second-order valence-corrected chi connectivity index (χ2v) is 4.33. The third kappa shape index (κ3) is 4.07. The minimum absolute atomic E-state index is 0.257. The summed E-state index contributed by atoms with van der Waals surface area (Å²) in [6.45, 7) is 1.33. The molecular formula is C16H14O5. The van der Waals surface area contributed by atoms with Crippen LogP contribution in [0.4, 0.5) is 0 Å². The van der Waals surface area contributed by atoms with Gasteiger partial charge >= 0.3 is 5.97 Å². The fraction of sp³-hybridized carbons (Fsp3) is 0.125. The van der Waals surface area contributed by atoms with Crippen molar-refractivity contribution in [3.8, 4) is 5.75 Å². The van der Waals surface area contributed by atoms with Crippen molar-refractivity contribution in [2.24, 2.45) is 0 Å². The van der Waals surface area contributed by atoms with Crippen molar-refractivity contribution in [3.05, 3.63) is 59.6 Å². The molecular weight excluding hydrogens is 272 g/mol. The molecule has 0 saturated heterocycles. The van der Waals surface area contributed by atoms with E-state index in [1.54, 1.807) is 49.4 Å². The smallest absolute Gasteiger partial charge is 0.341 e. The molecule has 1 aromatic heterocycles. The van der Waals surface area contributed by atoms with Gasteiger partial charge in [0.1, 0.15) is 11.5 Å². The maximum absolute atomic E-state index is 11.9. The Bertz CT molecular complexity index is 681. The molecule has 1 aromatic carbocycles. The number of hydrogen-bond donors (Lipinski definition) is 1. The molecule has 0 aliphatic rings. The van der Waals surface area contributed by atoms with E-state index in [-0.39, 0.29) is 11.5 Å². The van der Waals surface area contributed by atoms with Crippen molar-refractivity contribution in [1.82, 2.24) is 0 Å². The molecule has 0 fully saturated rings. The van der Waals surface area contributed by atoms with Crippen LogP contribution in [0.15, 0.2) is 46.9 Å². The monoisotopic (exact) mass is 286 g/mol. The third-order valence-electron chi connectivity index (χ3n) is 2.67. The van der Waals surface area contributed by atoms with E-state index in [2.05, 4.69) is 0 Å². The van der Waals surface area contributed by atoms with Crippen LogP contribution in [0.5, 0.6) is 5.75 Å². The van der Waals surface area contributed by atoms with Gasteiger partial charge in [0.25, 0.3) is 0 Å². The molecule has 2 aromatic rings. The van der Waals surface area contributed by atoms with Crippen LogP contribution < -0.4 is 4.74 Å². The molecule has 0 spiro atoms. The summed E-state index contributed by atoms with van der Waals surface area (Å²) in [4.78, 5) is 22.4. The lowest BCUT2D eigenvalue weighted by atomic mass is 10.1. The van der Waals surface area contributed by atoms with Crippen molar-refractivity contribution in [2.45, 2.75) is 6.92 Å². The number of rotatable bonds is 6. The Morgan fingerprint density at radius 1 is 1.24 bits per heavy atom. The molecule has 0 aliphatic heterocycles. The minimum Gasteiger partial charge on any atom is -0.481 e. The summed E-state index contributed by atoms with van der Waals surface area (Å²) in [5.74, 6) is -0.00346. The lowest BCUT2D eigenvalue weighted by molar-refractivity contribution is -0.139. The Hall–Kier alpha value is -2.82. The minimum atomic E-state index is -1.06. The fourth-order valence-corrected chi connectivity index (χ4v) is 1.70. The standard InChI is InChI=1S/C16H14O5/c1-11-6-9-15(21-11)13(17)8-7-12-4-2-3-5-14(12)20-10-16(18)19/h2-9H,10H2,1H3,(H,18,19). The zero-order valence-corrected chi connectivity index (χ0v) is 11.4. The molecule has 0 radical (unpaired) electrons. The number of furan rings is 1. The molecule has 21 heavy (non-hydrogen) atoms. The van der Waals surface area contributed by atoms with Crippen LogP contribution in [0, 0.1) is 6.92 Å². The Morgan fingerprint density at radius 2 is 2.00 bits per heavy atom. The summed E-state index contributed by atoms with van der Waals surface area (Å²) in [6.07, 6.45) is 2.93.